The van der Waals surface area contributed by atoms with Gasteiger partial charge in [0, 0.05) is 72.5 Å². The van der Waals surface area contributed by atoms with E-state index in [-0.39, 0.29) is 55.3 Å². The zero-order valence-corrected chi connectivity index (χ0v) is 47.8. The second-order valence-corrected chi connectivity index (χ2v) is 23.7. The molecule has 2 aliphatic heterocycles. The molecule has 3 aromatic carbocycles. The highest BCUT2D eigenvalue weighted by Gasteiger charge is 2.53. The van der Waals surface area contributed by atoms with E-state index in [0.717, 1.165) is 36.4 Å². The molecule has 7 N–H and O–H groups in total. The number of nitrogens with one attached hydrogen (secondary N) is 5. The predicted octanol–water partition coefficient (Wildman–Crippen LogP) is 6.89. The van der Waals surface area contributed by atoms with E-state index >= 15 is 4.39 Å². The van der Waals surface area contributed by atoms with E-state index in [2.05, 4.69) is 75.0 Å². The third kappa shape index (κ3) is 14.5. The predicted molar refractivity (Wildman–Crippen MR) is 305 cm³/mol. The van der Waals surface area contributed by atoms with Crippen LogP contribution in [0.1, 0.15) is 96.0 Å². The summed E-state index contributed by atoms with van der Waals surface area (Å²) in [5.41, 5.74) is 2.01. The molecule has 0 unspecified atom stereocenters. The summed E-state index contributed by atoms with van der Waals surface area (Å²) >= 11 is 1.55. The molecule has 1 atom stereocenters. The Morgan fingerprint density at radius 1 is 0.951 bits per heavy atom. The van der Waals surface area contributed by atoms with Crippen LogP contribution in [0.4, 0.5) is 29.5 Å². The lowest BCUT2D eigenvalue weighted by Gasteiger charge is -2.31. The molecule has 0 spiro atoms. The Morgan fingerprint density at radius 3 is 2.43 bits per heavy atom. The number of fused-ring (bicyclic) bond motifs is 3. The zero-order chi connectivity index (χ0) is 58.4. The van der Waals surface area contributed by atoms with E-state index in [1.54, 1.807) is 21.0 Å². The number of hydrogen-bond donors (Lipinski definition) is 7. The first-order valence-corrected chi connectivity index (χ1v) is 28.7. The van der Waals surface area contributed by atoms with Crippen molar-refractivity contribution >= 4 is 63.2 Å². The number of aliphatic hydroxyl groups excluding tert-OH is 2. The molecule has 0 radical (unpaired) electrons. The highest BCUT2D eigenvalue weighted by atomic mass is 32.2. The minimum absolute atomic E-state index is 0.0218. The van der Waals surface area contributed by atoms with Gasteiger partial charge in [0.25, 0.3) is 0 Å². The van der Waals surface area contributed by atoms with E-state index in [9.17, 15) is 33.4 Å². The lowest BCUT2D eigenvalue weighted by Crippen LogP contribution is -2.43. The number of thioether (sulfide) groups is 1. The number of likely N-dealkylation sites (tertiary alicyclic amines) is 1. The first-order chi connectivity index (χ1) is 39.1. The molecule has 9 rings (SSSR count). The Labute approximate surface area is 478 Å². The molecule has 3 aliphatic rings. The molecule has 20 nitrogen and oxygen atoms in total. The summed E-state index contributed by atoms with van der Waals surface area (Å²) in [6.07, 6.45) is -1.95. The molecule has 2 fully saturated rings. The number of piperidine rings is 1. The molecule has 82 heavy (non-hydrogen) atoms. The van der Waals surface area contributed by atoms with Crippen molar-refractivity contribution in [1.29, 1.82) is 0 Å². The van der Waals surface area contributed by atoms with Crippen LogP contribution in [-0.2, 0) is 38.2 Å². The van der Waals surface area contributed by atoms with Crippen molar-refractivity contribution in [3.63, 3.8) is 0 Å². The molecule has 1 saturated heterocycles. The molecule has 6 aromatic rings. The number of halogens is 3. The van der Waals surface area contributed by atoms with Crippen LogP contribution >= 0.6 is 11.8 Å². The van der Waals surface area contributed by atoms with Gasteiger partial charge in [0.1, 0.15) is 11.4 Å². The van der Waals surface area contributed by atoms with Crippen LogP contribution in [0.5, 0.6) is 11.5 Å². The number of carbonyl (C=O) groups is 3. The van der Waals surface area contributed by atoms with Gasteiger partial charge in [-0.1, -0.05) is 67.8 Å². The number of rotatable bonds is 23. The lowest BCUT2D eigenvalue weighted by molar-refractivity contribution is -0.286. The Morgan fingerprint density at radius 2 is 1.71 bits per heavy atom. The van der Waals surface area contributed by atoms with Gasteiger partial charge in [-0.3, -0.25) is 9.59 Å². The Hall–Kier alpha value is -7.17. The highest BCUT2D eigenvalue weighted by molar-refractivity contribution is 7.99. The van der Waals surface area contributed by atoms with E-state index in [4.69, 9.17) is 9.72 Å². The smallest absolute Gasteiger partial charge is 0.444 e. The summed E-state index contributed by atoms with van der Waals surface area (Å²) in [5.74, 6) is 5.95. The number of anilines is 2. The van der Waals surface area contributed by atoms with Crippen molar-refractivity contribution in [2.75, 3.05) is 75.4 Å². The van der Waals surface area contributed by atoms with Gasteiger partial charge in [-0.15, -0.1) is 13.9 Å². The summed E-state index contributed by atoms with van der Waals surface area (Å²) in [4.78, 5) is 50.7. The van der Waals surface area contributed by atoms with Gasteiger partial charge in [-0.05, 0) is 113 Å². The van der Waals surface area contributed by atoms with Crippen LogP contribution < -0.4 is 36.1 Å². The van der Waals surface area contributed by atoms with Gasteiger partial charge in [0.15, 0.2) is 33.6 Å². The van der Waals surface area contributed by atoms with Gasteiger partial charge in [0.05, 0.1) is 49.0 Å². The molecule has 3 aromatic heterocycles. The number of aliphatic hydroxyl groups is 2. The quantitative estimate of drug-likeness (QED) is 0.0149. The van der Waals surface area contributed by atoms with Gasteiger partial charge < -0.3 is 60.5 Å². The number of aromatic nitrogens is 6. The topological polar surface area (TPSA) is 244 Å². The second-order valence-electron chi connectivity index (χ2n) is 22.6. The van der Waals surface area contributed by atoms with Gasteiger partial charge >= 0.3 is 12.4 Å². The van der Waals surface area contributed by atoms with Gasteiger partial charge in [-0.2, -0.15) is 0 Å². The van der Waals surface area contributed by atoms with E-state index in [1.807, 2.05) is 65.0 Å². The molecule has 1 aliphatic carbocycles. The van der Waals surface area contributed by atoms with Gasteiger partial charge in [0.2, 0.25) is 11.8 Å². The molecule has 24 heteroatoms. The zero-order valence-electron chi connectivity index (χ0n) is 47.0. The van der Waals surface area contributed by atoms with Crippen molar-refractivity contribution in [1.82, 2.24) is 50.4 Å². The average molecular weight is 1150 g/mol. The maximum absolute atomic E-state index is 15.9. The summed E-state index contributed by atoms with van der Waals surface area (Å²) in [7, 11) is 0. The summed E-state index contributed by atoms with van der Waals surface area (Å²) < 4.78 is 61.3. The fourth-order valence-electron chi connectivity index (χ4n) is 9.95. The van der Waals surface area contributed by atoms with Crippen LogP contribution in [0.15, 0.2) is 65.8 Å². The summed E-state index contributed by atoms with van der Waals surface area (Å²) in [6.45, 7) is 15.5. The fourth-order valence-corrected chi connectivity index (χ4v) is 10.6. The maximum Gasteiger partial charge on any atom is 0.586 e. The molecule has 5 heterocycles. The normalized spacial score (nSPS) is 16.1. The fraction of sp³-hybridized carbons (Fsp3) is 0.500. The number of hydrogen-bond acceptors (Lipinski definition) is 16. The monoisotopic (exact) mass is 1150 g/mol. The number of benzene rings is 3. The number of alkyl carbamates (subject to hydrolysis) is 1. The number of ether oxygens (including phenoxy) is 3. The van der Waals surface area contributed by atoms with E-state index in [0.29, 0.717) is 103 Å². The molecule has 3 amide bonds. The molecule has 0 bridgehead atoms. The SMILES string of the molecule is CCCSc1nc(NCCNC(=O)OC(C)(C)C)c2nnn(Cc3ccc(C#CCNC(=O)C4CCN(CCNC[C@H](O)Cn5c(C(C)(C)CO)cc6cc(NC(=O)C7(c8ccc9c(c8)OC(F)(F)O9)CC7)c(F)cc65)CC4)cc3)c2n1. The Balaban J connectivity index is 0.702. The van der Waals surface area contributed by atoms with E-state index < -0.39 is 46.6 Å². The lowest BCUT2D eigenvalue weighted by atomic mass is 9.90. The number of alkyl halides is 2. The van der Waals surface area contributed by atoms with Crippen LogP contribution in [-0.4, -0.2) is 145 Å². The average Bonchev–Trinajstić information content (AvgIpc) is 3.47. The largest absolute Gasteiger partial charge is 0.586 e. The number of amides is 3. The van der Waals surface area contributed by atoms with Crippen molar-refractivity contribution in [2.45, 2.75) is 121 Å². The molecular weight excluding hydrogens is 1080 g/mol. The standard InChI is InChI=1S/C58H71F3N12O8S/c1-7-27-82-53-67-49(63-21-22-65-54(78)81-55(2,3)4)48-50(68-53)73(70-69-48)33-37-12-10-36(11-13-37)9-8-20-64-51(76)38-16-24-71(25-17-38)26-23-62-32-41(75)34-72-44-31-42(59)43(28-39(44)29-47(72)56(5,6)35-74)66-52(77)57(18-19-57)40-14-15-45-46(30-40)80-58(60,61)79-45/h10-15,28-31,38,41,62,74-75H,7,16-27,32-35H2,1-6H3,(H,64,76)(H,65,78)(H,66,77)(H,63,67,68)/t41-/m0/s1. The number of nitrogens with zero attached hydrogens (tertiary/aromatic N) is 7. The molecule has 1 saturated carbocycles. The first kappa shape index (κ1) is 59.5. The Bertz CT molecular complexity index is 3350. The number of carbonyl (C=O) groups excluding carboxylic acids is 3. The maximum atomic E-state index is 15.9. The molecule has 438 valence electrons. The molecular formula is C58H71F3N12O8S. The third-order valence-electron chi connectivity index (χ3n) is 14.5. The highest BCUT2D eigenvalue weighted by Crippen LogP contribution is 2.52. The van der Waals surface area contributed by atoms with Crippen molar-refractivity contribution in [3.8, 4) is 23.3 Å². The Kier molecular flexibility index (Phi) is 18.2. The third-order valence-corrected chi connectivity index (χ3v) is 15.6. The second kappa shape index (κ2) is 25.1. The minimum atomic E-state index is -3.80. The van der Waals surface area contributed by atoms with Crippen LogP contribution in [0, 0.1) is 23.6 Å². The van der Waals surface area contributed by atoms with Crippen LogP contribution in [0.25, 0.3) is 22.1 Å². The van der Waals surface area contributed by atoms with E-state index in [1.165, 1.54) is 30.3 Å². The van der Waals surface area contributed by atoms with Crippen LogP contribution in [0.3, 0.4) is 0 Å². The first-order valence-electron chi connectivity index (χ1n) is 27.7. The summed E-state index contributed by atoms with van der Waals surface area (Å²) in [5, 5.41) is 46.7. The van der Waals surface area contributed by atoms with Gasteiger partial charge in [-0.25, -0.2) is 23.8 Å². The minimum Gasteiger partial charge on any atom is -0.444 e. The van der Waals surface area contributed by atoms with Crippen molar-refractivity contribution in [3.05, 3.63) is 88.9 Å². The van der Waals surface area contributed by atoms with Crippen molar-refractivity contribution in [2.24, 2.45) is 5.92 Å². The van der Waals surface area contributed by atoms with Crippen LogP contribution in [0.2, 0.25) is 0 Å². The summed E-state index contributed by atoms with van der Waals surface area (Å²) in [6, 6.07) is 16.7. The van der Waals surface area contributed by atoms with Crippen molar-refractivity contribution < 1.29 is 52.0 Å².